The SMILES string of the molecule is Cc1nc(N2CCC3(CCN(C[C@H](O)c4ccc5c(c4C)COC5=O)CC3)C2)ccc1C#N. The summed E-state index contributed by atoms with van der Waals surface area (Å²) in [4.78, 5) is 21.2. The molecule has 1 N–H and O–H groups in total. The number of β-amino-alcohol motifs (C(OH)–C–C–N with tert-alkyl or cyclic N) is 1. The van der Waals surface area contributed by atoms with Crippen LogP contribution in [-0.2, 0) is 11.3 Å². The van der Waals surface area contributed by atoms with Gasteiger partial charge in [0.1, 0.15) is 18.5 Å². The normalized spacial score (nSPS) is 20.5. The number of piperidine rings is 1. The van der Waals surface area contributed by atoms with Crippen LogP contribution in [0.5, 0.6) is 0 Å². The van der Waals surface area contributed by atoms with Crippen LogP contribution in [-0.4, -0.2) is 53.7 Å². The molecule has 2 fully saturated rings. The number of carbonyl (C=O) groups is 1. The lowest BCUT2D eigenvalue weighted by molar-refractivity contribution is 0.0534. The molecule has 4 heterocycles. The van der Waals surface area contributed by atoms with Crippen LogP contribution in [0.1, 0.15) is 63.7 Å². The molecule has 7 heteroatoms. The molecule has 5 rings (SSSR count). The van der Waals surface area contributed by atoms with E-state index in [1.165, 1.54) is 0 Å². The van der Waals surface area contributed by atoms with Crippen LogP contribution in [0.25, 0.3) is 0 Å². The third-order valence-electron chi connectivity index (χ3n) is 7.87. The molecule has 2 aromatic rings. The van der Waals surface area contributed by atoms with E-state index in [-0.39, 0.29) is 5.97 Å². The number of esters is 1. The first-order chi connectivity index (χ1) is 15.9. The molecule has 0 unspecified atom stereocenters. The summed E-state index contributed by atoms with van der Waals surface area (Å²) in [5.41, 5.74) is 5.12. The van der Waals surface area contributed by atoms with Crippen LogP contribution in [0, 0.1) is 30.6 Å². The summed E-state index contributed by atoms with van der Waals surface area (Å²) in [5, 5.41) is 20.1. The number of fused-ring (bicyclic) bond motifs is 1. The number of pyridine rings is 1. The summed E-state index contributed by atoms with van der Waals surface area (Å²) in [7, 11) is 0. The minimum Gasteiger partial charge on any atom is -0.457 e. The van der Waals surface area contributed by atoms with Crippen LogP contribution < -0.4 is 4.90 Å². The van der Waals surface area contributed by atoms with E-state index in [0.29, 0.717) is 29.7 Å². The van der Waals surface area contributed by atoms with E-state index in [4.69, 9.17) is 10.00 Å². The van der Waals surface area contributed by atoms with Crippen molar-refractivity contribution in [1.29, 1.82) is 5.26 Å². The van der Waals surface area contributed by atoms with Gasteiger partial charge in [-0.15, -0.1) is 0 Å². The second-order valence-electron chi connectivity index (χ2n) is 9.78. The predicted octanol–water partition coefficient (Wildman–Crippen LogP) is 3.27. The molecule has 3 aliphatic rings. The van der Waals surface area contributed by atoms with E-state index in [2.05, 4.69) is 20.9 Å². The lowest BCUT2D eigenvalue weighted by atomic mass is 9.77. The van der Waals surface area contributed by atoms with Gasteiger partial charge in [-0.25, -0.2) is 9.78 Å². The number of hydrogen-bond donors (Lipinski definition) is 1. The number of cyclic esters (lactones) is 1. The standard InChI is InChI=1S/C26H30N4O3/c1-17-20(4-5-21-22(17)15-33-25(21)32)23(31)14-29-10-7-26(8-11-29)9-12-30(16-26)24-6-3-19(13-27)18(2)28-24/h3-6,23,31H,7-12,14-16H2,1-2H3/t23-/m0/s1. The maximum absolute atomic E-state index is 11.8. The lowest BCUT2D eigenvalue weighted by Crippen LogP contribution is -2.43. The van der Waals surface area contributed by atoms with Crippen molar-refractivity contribution in [3.8, 4) is 6.07 Å². The number of nitrogens with zero attached hydrogens (tertiary/aromatic N) is 4. The number of aryl methyl sites for hydroxylation is 1. The summed E-state index contributed by atoms with van der Waals surface area (Å²) >= 11 is 0. The van der Waals surface area contributed by atoms with E-state index < -0.39 is 6.10 Å². The van der Waals surface area contributed by atoms with Gasteiger partial charge in [-0.3, -0.25) is 0 Å². The Kier molecular flexibility index (Phi) is 5.59. The Morgan fingerprint density at radius 1 is 1.18 bits per heavy atom. The first kappa shape index (κ1) is 21.9. The molecule has 1 aromatic heterocycles. The number of anilines is 1. The van der Waals surface area contributed by atoms with Gasteiger partial charge >= 0.3 is 5.97 Å². The van der Waals surface area contributed by atoms with Crippen molar-refractivity contribution in [3.63, 3.8) is 0 Å². The van der Waals surface area contributed by atoms with E-state index in [1.807, 2.05) is 32.0 Å². The van der Waals surface area contributed by atoms with Crippen molar-refractivity contribution in [3.05, 3.63) is 57.8 Å². The Morgan fingerprint density at radius 3 is 2.67 bits per heavy atom. The molecule has 0 aliphatic carbocycles. The number of hydrogen-bond acceptors (Lipinski definition) is 7. The van der Waals surface area contributed by atoms with Crippen LogP contribution >= 0.6 is 0 Å². The number of aliphatic hydroxyl groups excluding tert-OH is 1. The fourth-order valence-electron chi connectivity index (χ4n) is 5.66. The number of aliphatic hydroxyl groups is 1. The molecule has 2 saturated heterocycles. The first-order valence-corrected chi connectivity index (χ1v) is 11.7. The fourth-order valence-corrected chi connectivity index (χ4v) is 5.66. The second kappa shape index (κ2) is 8.44. The molecule has 1 atom stereocenters. The van der Waals surface area contributed by atoms with E-state index in [9.17, 15) is 9.90 Å². The molecule has 172 valence electrons. The van der Waals surface area contributed by atoms with Crippen molar-refractivity contribution in [1.82, 2.24) is 9.88 Å². The minimum absolute atomic E-state index is 0.271. The highest BCUT2D eigenvalue weighted by molar-refractivity contribution is 5.93. The highest BCUT2D eigenvalue weighted by Crippen LogP contribution is 2.42. The smallest absolute Gasteiger partial charge is 0.338 e. The average molecular weight is 447 g/mol. The summed E-state index contributed by atoms with van der Waals surface area (Å²) in [6.45, 7) is 8.70. The van der Waals surface area contributed by atoms with Crippen LogP contribution in [0.2, 0.25) is 0 Å². The topological polar surface area (TPSA) is 89.7 Å². The molecular formula is C26H30N4O3. The van der Waals surface area contributed by atoms with Crippen molar-refractivity contribution in [2.75, 3.05) is 37.6 Å². The summed E-state index contributed by atoms with van der Waals surface area (Å²) in [6, 6.07) is 9.69. The number of carbonyl (C=O) groups excluding carboxylic acids is 1. The Balaban J connectivity index is 1.19. The van der Waals surface area contributed by atoms with Crippen LogP contribution in [0.15, 0.2) is 24.3 Å². The molecule has 0 saturated carbocycles. The van der Waals surface area contributed by atoms with Gasteiger partial charge in [0.25, 0.3) is 0 Å². The number of rotatable bonds is 4. The zero-order valence-corrected chi connectivity index (χ0v) is 19.3. The molecular weight excluding hydrogens is 416 g/mol. The molecule has 0 bridgehead atoms. The Morgan fingerprint density at radius 2 is 1.94 bits per heavy atom. The van der Waals surface area contributed by atoms with Crippen LogP contribution in [0.4, 0.5) is 5.82 Å². The lowest BCUT2D eigenvalue weighted by Gasteiger charge is -2.40. The largest absolute Gasteiger partial charge is 0.457 e. The third kappa shape index (κ3) is 3.98. The molecule has 33 heavy (non-hydrogen) atoms. The van der Waals surface area contributed by atoms with Crippen molar-refractivity contribution >= 4 is 11.8 Å². The van der Waals surface area contributed by atoms with Crippen molar-refractivity contribution < 1.29 is 14.6 Å². The maximum Gasteiger partial charge on any atom is 0.338 e. The minimum atomic E-state index is -0.578. The predicted molar refractivity (Wildman–Crippen MR) is 124 cm³/mol. The van der Waals surface area contributed by atoms with E-state index in [0.717, 1.165) is 73.6 Å². The molecule has 3 aliphatic heterocycles. The zero-order chi connectivity index (χ0) is 23.2. The summed E-state index contributed by atoms with van der Waals surface area (Å²) in [5.74, 6) is 0.697. The number of likely N-dealkylation sites (tertiary alicyclic amines) is 1. The van der Waals surface area contributed by atoms with Crippen LogP contribution in [0.3, 0.4) is 0 Å². The highest BCUT2D eigenvalue weighted by Gasteiger charge is 2.41. The monoisotopic (exact) mass is 446 g/mol. The van der Waals surface area contributed by atoms with Crippen molar-refractivity contribution in [2.24, 2.45) is 5.41 Å². The highest BCUT2D eigenvalue weighted by atomic mass is 16.5. The third-order valence-corrected chi connectivity index (χ3v) is 7.87. The van der Waals surface area contributed by atoms with Gasteiger partial charge in [-0.2, -0.15) is 5.26 Å². The molecule has 1 aromatic carbocycles. The van der Waals surface area contributed by atoms with Gasteiger partial charge in [-0.1, -0.05) is 6.07 Å². The number of nitriles is 1. The van der Waals surface area contributed by atoms with Gasteiger partial charge < -0.3 is 19.6 Å². The number of ether oxygens (including phenoxy) is 1. The molecule has 0 amide bonds. The van der Waals surface area contributed by atoms with Gasteiger partial charge in [0.2, 0.25) is 0 Å². The zero-order valence-electron chi connectivity index (χ0n) is 19.3. The Hall–Kier alpha value is -2.95. The number of benzene rings is 1. The van der Waals surface area contributed by atoms with E-state index >= 15 is 0 Å². The first-order valence-electron chi connectivity index (χ1n) is 11.7. The number of aromatic nitrogens is 1. The van der Waals surface area contributed by atoms with Gasteiger partial charge in [0.15, 0.2) is 0 Å². The fraction of sp³-hybridized carbons (Fsp3) is 0.500. The Bertz CT molecular complexity index is 1130. The maximum atomic E-state index is 11.8. The molecule has 7 nitrogen and oxygen atoms in total. The van der Waals surface area contributed by atoms with Gasteiger partial charge in [0, 0.05) is 25.2 Å². The average Bonchev–Trinajstić information content (AvgIpc) is 3.40. The summed E-state index contributed by atoms with van der Waals surface area (Å²) < 4.78 is 5.15. The van der Waals surface area contributed by atoms with Crippen molar-refractivity contribution in [2.45, 2.75) is 45.8 Å². The Labute approximate surface area is 194 Å². The molecule has 0 radical (unpaired) electrons. The molecule has 1 spiro atoms. The quantitative estimate of drug-likeness (QED) is 0.721. The second-order valence-corrected chi connectivity index (χ2v) is 9.78. The summed E-state index contributed by atoms with van der Waals surface area (Å²) in [6.07, 6.45) is 2.79. The van der Waals surface area contributed by atoms with E-state index in [1.54, 1.807) is 6.07 Å². The van der Waals surface area contributed by atoms with Gasteiger partial charge in [0.05, 0.1) is 22.9 Å². The van der Waals surface area contributed by atoms with Gasteiger partial charge in [-0.05, 0) is 80.9 Å².